The second-order valence-electron chi connectivity index (χ2n) is 5.15. The summed E-state index contributed by atoms with van der Waals surface area (Å²) < 4.78 is 40.9. The molecule has 0 atom stereocenters. The van der Waals surface area contributed by atoms with Gasteiger partial charge < -0.3 is 4.90 Å². The number of carbonyl (C=O) groups excluding carboxylic acids is 1. The minimum atomic E-state index is -4.11. The van der Waals surface area contributed by atoms with Gasteiger partial charge in [-0.1, -0.05) is 6.08 Å². The number of aromatic nitrogens is 3. The molecule has 10 heteroatoms. The van der Waals surface area contributed by atoms with Crippen molar-refractivity contribution in [2.45, 2.75) is 19.0 Å². The van der Waals surface area contributed by atoms with Gasteiger partial charge in [0.2, 0.25) is 0 Å². The van der Waals surface area contributed by atoms with E-state index in [2.05, 4.69) is 21.4 Å². The number of nitrogens with zero attached hydrogens (tertiary/aromatic N) is 4. The SMILES string of the molecule is C=CCN(CC)C(=O)n1cnc(S(=O)(=O)Nc2ccc(F)cc2C)n1. The highest BCUT2D eigenvalue weighted by molar-refractivity contribution is 7.92. The maximum absolute atomic E-state index is 13.1. The van der Waals surface area contributed by atoms with Crippen LogP contribution in [0, 0.1) is 12.7 Å². The van der Waals surface area contributed by atoms with Crippen molar-refractivity contribution >= 4 is 21.7 Å². The van der Waals surface area contributed by atoms with Crippen molar-refractivity contribution in [3.05, 3.63) is 48.6 Å². The Hall–Kier alpha value is -2.75. The summed E-state index contributed by atoms with van der Waals surface area (Å²) in [6.07, 6.45) is 2.58. The van der Waals surface area contributed by atoms with Gasteiger partial charge in [-0.2, -0.15) is 13.1 Å². The molecule has 1 aromatic carbocycles. The largest absolute Gasteiger partial charge is 0.346 e. The zero-order valence-electron chi connectivity index (χ0n) is 13.8. The van der Waals surface area contributed by atoms with Gasteiger partial charge in [-0.25, -0.2) is 14.2 Å². The van der Waals surface area contributed by atoms with Crippen molar-refractivity contribution in [3.63, 3.8) is 0 Å². The van der Waals surface area contributed by atoms with E-state index < -0.39 is 27.0 Å². The Labute approximate surface area is 145 Å². The van der Waals surface area contributed by atoms with Crippen LogP contribution in [-0.2, 0) is 10.0 Å². The first kappa shape index (κ1) is 18.6. The second kappa shape index (κ2) is 7.43. The smallest absolute Gasteiger partial charge is 0.319 e. The molecule has 0 saturated carbocycles. The molecule has 0 radical (unpaired) electrons. The highest BCUT2D eigenvalue weighted by atomic mass is 32.2. The van der Waals surface area contributed by atoms with Crippen LogP contribution in [-0.4, -0.2) is 47.2 Å². The molecule has 1 amide bonds. The number of hydrogen-bond donors (Lipinski definition) is 1. The summed E-state index contributed by atoms with van der Waals surface area (Å²) in [6, 6.07) is 3.11. The van der Waals surface area contributed by atoms with Crippen LogP contribution in [0.15, 0.2) is 42.3 Å². The number of anilines is 1. The van der Waals surface area contributed by atoms with Crippen molar-refractivity contribution in [2.75, 3.05) is 17.8 Å². The van der Waals surface area contributed by atoms with Crippen molar-refractivity contribution in [2.24, 2.45) is 0 Å². The maximum atomic E-state index is 13.1. The van der Waals surface area contributed by atoms with E-state index >= 15 is 0 Å². The molecule has 25 heavy (non-hydrogen) atoms. The number of carbonyl (C=O) groups is 1. The van der Waals surface area contributed by atoms with Crippen molar-refractivity contribution in [1.29, 1.82) is 0 Å². The number of likely N-dealkylation sites (N-methyl/N-ethyl adjacent to an activating group) is 1. The molecule has 134 valence electrons. The lowest BCUT2D eigenvalue weighted by Gasteiger charge is -2.17. The number of nitrogens with one attached hydrogen (secondary N) is 1. The lowest BCUT2D eigenvalue weighted by Crippen LogP contribution is -2.35. The number of benzene rings is 1. The third kappa shape index (κ3) is 4.21. The molecule has 1 aromatic heterocycles. The molecule has 0 unspecified atom stereocenters. The van der Waals surface area contributed by atoms with Crippen molar-refractivity contribution < 1.29 is 17.6 Å². The molecule has 1 heterocycles. The zero-order chi connectivity index (χ0) is 18.6. The van der Waals surface area contributed by atoms with Gasteiger partial charge in [-0.05, 0) is 37.6 Å². The third-order valence-corrected chi connectivity index (χ3v) is 4.50. The number of halogens is 1. The summed E-state index contributed by atoms with van der Waals surface area (Å²) >= 11 is 0. The number of rotatable bonds is 6. The van der Waals surface area contributed by atoms with Crippen LogP contribution in [0.3, 0.4) is 0 Å². The topological polar surface area (TPSA) is 97.2 Å². The van der Waals surface area contributed by atoms with Gasteiger partial charge in [-0.3, -0.25) is 4.72 Å². The first-order chi connectivity index (χ1) is 11.8. The van der Waals surface area contributed by atoms with Gasteiger partial charge in [-0.15, -0.1) is 11.7 Å². The van der Waals surface area contributed by atoms with E-state index in [1.807, 2.05) is 0 Å². The summed E-state index contributed by atoms with van der Waals surface area (Å²) in [5.74, 6) is -0.477. The summed E-state index contributed by atoms with van der Waals surface area (Å²) in [7, 11) is -4.11. The summed E-state index contributed by atoms with van der Waals surface area (Å²) in [6.45, 7) is 7.59. The Morgan fingerprint density at radius 3 is 2.80 bits per heavy atom. The number of aryl methyl sites for hydroxylation is 1. The monoisotopic (exact) mass is 367 g/mol. The Morgan fingerprint density at radius 2 is 2.20 bits per heavy atom. The molecule has 1 N–H and O–H groups in total. The van der Waals surface area contributed by atoms with Crippen LogP contribution in [0.25, 0.3) is 0 Å². The van der Waals surface area contributed by atoms with Crippen LogP contribution in [0.4, 0.5) is 14.9 Å². The van der Waals surface area contributed by atoms with E-state index in [0.29, 0.717) is 18.7 Å². The average molecular weight is 367 g/mol. The van der Waals surface area contributed by atoms with E-state index in [-0.39, 0.29) is 5.69 Å². The minimum absolute atomic E-state index is 0.200. The Bertz CT molecular complexity index is 894. The van der Waals surface area contributed by atoms with Gasteiger partial charge in [0.1, 0.15) is 12.1 Å². The fourth-order valence-electron chi connectivity index (χ4n) is 2.04. The van der Waals surface area contributed by atoms with E-state index in [1.165, 1.54) is 17.0 Å². The van der Waals surface area contributed by atoms with Gasteiger partial charge in [0, 0.05) is 13.1 Å². The van der Waals surface area contributed by atoms with Crippen molar-refractivity contribution in [1.82, 2.24) is 19.7 Å². The average Bonchev–Trinajstić information content (AvgIpc) is 3.05. The Morgan fingerprint density at radius 1 is 1.48 bits per heavy atom. The van der Waals surface area contributed by atoms with Crippen LogP contribution in [0.5, 0.6) is 0 Å². The first-order valence-electron chi connectivity index (χ1n) is 7.39. The molecule has 0 spiro atoms. The van der Waals surface area contributed by atoms with Crippen LogP contribution in [0.1, 0.15) is 12.5 Å². The van der Waals surface area contributed by atoms with E-state index in [4.69, 9.17) is 0 Å². The summed E-state index contributed by atoms with van der Waals surface area (Å²) in [5.41, 5.74) is 0.605. The third-order valence-electron chi connectivity index (χ3n) is 3.34. The second-order valence-corrected chi connectivity index (χ2v) is 6.72. The van der Waals surface area contributed by atoms with Gasteiger partial charge in [0.25, 0.3) is 15.2 Å². The minimum Gasteiger partial charge on any atom is -0.319 e. The van der Waals surface area contributed by atoms with Gasteiger partial charge in [0.05, 0.1) is 5.69 Å². The molecule has 0 aliphatic carbocycles. The van der Waals surface area contributed by atoms with Crippen LogP contribution < -0.4 is 4.72 Å². The molecule has 2 aromatic rings. The van der Waals surface area contributed by atoms with Crippen LogP contribution in [0.2, 0.25) is 0 Å². The molecular weight excluding hydrogens is 349 g/mol. The lowest BCUT2D eigenvalue weighted by atomic mass is 10.2. The van der Waals surface area contributed by atoms with E-state index in [0.717, 1.165) is 17.1 Å². The molecule has 0 bridgehead atoms. The summed E-state index contributed by atoms with van der Waals surface area (Å²) in [4.78, 5) is 17.3. The van der Waals surface area contributed by atoms with E-state index in [1.54, 1.807) is 19.9 Å². The van der Waals surface area contributed by atoms with Gasteiger partial charge in [0.15, 0.2) is 0 Å². The molecule has 0 saturated heterocycles. The molecule has 0 aliphatic rings. The quantitative estimate of drug-likeness (QED) is 0.788. The normalized spacial score (nSPS) is 11.2. The van der Waals surface area contributed by atoms with Crippen LogP contribution >= 0.6 is 0 Å². The number of hydrogen-bond acceptors (Lipinski definition) is 5. The zero-order valence-corrected chi connectivity index (χ0v) is 14.6. The molecule has 8 nitrogen and oxygen atoms in total. The Kier molecular flexibility index (Phi) is 5.52. The summed E-state index contributed by atoms with van der Waals surface area (Å²) in [5, 5.41) is 3.18. The molecule has 2 rings (SSSR count). The van der Waals surface area contributed by atoms with E-state index in [9.17, 15) is 17.6 Å². The van der Waals surface area contributed by atoms with Crippen molar-refractivity contribution in [3.8, 4) is 0 Å². The highest BCUT2D eigenvalue weighted by Gasteiger charge is 2.23. The fourth-order valence-corrected chi connectivity index (χ4v) is 3.03. The lowest BCUT2D eigenvalue weighted by molar-refractivity contribution is 0.204. The standard InChI is InChI=1S/C15H18FN5O3S/c1-4-8-20(5-2)15(22)21-10-17-14(18-21)25(23,24)19-13-7-6-12(16)9-11(13)3/h4,6-7,9-10,19H,1,5,8H2,2-3H3. The predicted molar refractivity (Wildman–Crippen MR) is 90.2 cm³/mol. The Balaban J connectivity index is 2.25. The van der Waals surface area contributed by atoms with Gasteiger partial charge >= 0.3 is 6.03 Å². The number of sulfonamides is 1. The molecule has 0 fully saturated rings. The number of amides is 1. The first-order valence-corrected chi connectivity index (χ1v) is 8.87. The fraction of sp³-hybridized carbons (Fsp3) is 0.267. The predicted octanol–water partition coefficient (Wildman–Crippen LogP) is 2.00. The molecular formula is C15H18FN5O3S. The highest BCUT2D eigenvalue weighted by Crippen LogP contribution is 2.19. The molecule has 0 aliphatic heterocycles. The maximum Gasteiger partial charge on any atom is 0.346 e.